The molecule has 2 aromatic rings. The van der Waals surface area contributed by atoms with Crippen LogP contribution in [0.1, 0.15) is 12.5 Å². The molecule has 3 nitrogen and oxygen atoms in total. The van der Waals surface area contributed by atoms with E-state index in [1.807, 2.05) is 25.1 Å². The van der Waals surface area contributed by atoms with E-state index in [-0.39, 0.29) is 0 Å². The zero-order valence-electron chi connectivity index (χ0n) is 13.0. The highest BCUT2D eigenvalue weighted by Gasteiger charge is 2.16. The van der Waals surface area contributed by atoms with E-state index < -0.39 is 0 Å². The molecular weight excluding hydrogens is 329 g/mol. The molecule has 0 radical (unpaired) electrons. The van der Waals surface area contributed by atoms with Crippen molar-refractivity contribution in [3.8, 4) is 0 Å². The highest BCUT2D eigenvalue weighted by atomic mass is 35.5. The topological polar surface area (TPSA) is 18.8 Å². The van der Waals surface area contributed by atoms with Gasteiger partial charge in [-0.05, 0) is 31.2 Å². The van der Waals surface area contributed by atoms with Crippen molar-refractivity contribution >= 4 is 34.6 Å². The molecule has 0 saturated carbocycles. The predicted molar refractivity (Wildman–Crippen MR) is 98.9 cm³/mol. The molecule has 1 aliphatic heterocycles. The summed E-state index contributed by atoms with van der Waals surface area (Å²) >= 11 is 12.2. The molecule has 1 saturated heterocycles. The van der Waals surface area contributed by atoms with Gasteiger partial charge in [-0.15, -0.1) is 0 Å². The Balaban J connectivity index is 1.65. The molecule has 0 aliphatic carbocycles. The molecule has 0 aromatic heterocycles. The minimum Gasteiger partial charge on any atom is -0.368 e. The Kier molecular flexibility index (Phi) is 5.09. The SMILES string of the molecule is C/C(=N\N1CCN(c2ccccc2)CC1)c1ccc(Cl)cc1Cl. The number of hydrazone groups is 1. The lowest BCUT2D eigenvalue weighted by atomic mass is 10.1. The number of para-hydroxylation sites is 1. The minimum atomic E-state index is 0.640. The van der Waals surface area contributed by atoms with Crippen molar-refractivity contribution in [2.75, 3.05) is 31.1 Å². The zero-order chi connectivity index (χ0) is 16.2. The molecule has 1 fully saturated rings. The van der Waals surface area contributed by atoms with Crippen LogP contribution in [0, 0.1) is 0 Å². The molecule has 5 heteroatoms. The van der Waals surface area contributed by atoms with Crippen molar-refractivity contribution in [3.05, 3.63) is 64.1 Å². The fraction of sp³-hybridized carbons (Fsp3) is 0.278. The average Bonchev–Trinajstić information content (AvgIpc) is 2.56. The van der Waals surface area contributed by atoms with Crippen LogP contribution in [0.4, 0.5) is 5.69 Å². The van der Waals surface area contributed by atoms with E-state index in [1.54, 1.807) is 6.07 Å². The van der Waals surface area contributed by atoms with Crippen molar-refractivity contribution in [1.82, 2.24) is 5.01 Å². The molecule has 1 aliphatic rings. The number of nitrogens with zero attached hydrogens (tertiary/aromatic N) is 3. The van der Waals surface area contributed by atoms with Gasteiger partial charge in [-0.2, -0.15) is 5.10 Å². The molecule has 0 unspecified atom stereocenters. The summed E-state index contributed by atoms with van der Waals surface area (Å²) in [5, 5.41) is 8.11. The largest absolute Gasteiger partial charge is 0.368 e. The Morgan fingerprint density at radius 2 is 1.65 bits per heavy atom. The van der Waals surface area contributed by atoms with E-state index in [4.69, 9.17) is 28.3 Å². The summed E-state index contributed by atoms with van der Waals surface area (Å²) in [5.41, 5.74) is 3.12. The highest BCUT2D eigenvalue weighted by Crippen LogP contribution is 2.22. The van der Waals surface area contributed by atoms with Crippen molar-refractivity contribution in [2.45, 2.75) is 6.92 Å². The number of hydrogen-bond donors (Lipinski definition) is 0. The van der Waals surface area contributed by atoms with Gasteiger partial charge in [0.1, 0.15) is 0 Å². The van der Waals surface area contributed by atoms with Crippen molar-refractivity contribution in [1.29, 1.82) is 0 Å². The second kappa shape index (κ2) is 7.24. The first-order chi connectivity index (χ1) is 11.1. The van der Waals surface area contributed by atoms with Gasteiger partial charge in [-0.3, -0.25) is 5.01 Å². The van der Waals surface area contributed by atoms with E-state index in [1.165, 1.54) is 5.69 Å². The molecule has 0 N–H and O–H groups in total. The second-order valence-electron chi connectivity index (χ2n) is 5.59. The Morgan fingerprint density at radius 3 is 2.30 bits per heavy atom. The summed E-state index contributed by atoms with van der Waals surface area (Å²) in [7, 11) is 0. The first-order valence-corrected chi connectivity index (χ1v) is 8.44. The summed E-state index contributed by atoms with van der Waals surface area (Å²) in [4.78, 5) is 2.39. The van der Waals surface area contributed by atoms with Gasteiger partial charge >= 0.3 is 0 Å². The van der Waals surface area contributed by atoms with Crippen LogP contribution in [0.3, 0.4) is 0 Å². The Hall–Kier alpha value is -1.71. The molecule has 1 heterocycles. The lowest BCUT2D eigenvalue weighted by Gasteiger charge is -2.35. The van der Waals surface area contributed by atoms with Gasteiger partial charge in [0.2, 0.25) is 0 Å². The predicted octanol–water partition coefficient (Wildman–Crippen LogP) is 4.54. The minimum absolute atomic E-state index is 0.640. The Morgan fingerprint density at radius 1 is 0.957 bits per heavy atom. The van der Waals surface area contributed by atoms with Crippen LogP contribution in [0.5, 0.6) is 0 Å². The molecule has 0 atom stereocenters. The van der Waals surface area contributed by atoms with Gasteiger partial charge in [0.25, 0.3) is 0 Å². The van der Waals surface area contributed by atoms with Crippen LogP contribution in [-0.2, 0) is 0 Å². The average molecular weight is 348 g/mol. The molecular formula is C18H19Cl2N3. The molecule has 2 aromatic carbocycles. The van der Waals surface area contributed by atoms with Gasteiger partial charge in [0.15, 0.2) is 0 Å². The van der Waals surface area contributed by atoms with Gasteiger partial charge in [0, 0.05) is 29.4 Å². The lowest BCUT2D eigenvalue weighted by molar-refractivity contribution is 0.270. The number of halogens is 2. The van der Waals surface area contributed by atoms with E-state index in [0.29, 0.717) is 10.0 Å². The maximum Gasteiger partial charge on any atom is 0.0661 e. The molecule has 0 amide bonds. The van der Waals surface area contributed by atoms with Crippen LogP contribution in [-0.4, -0.2) is 36.9 Å². The maximum atomic E-state index is 6.25. The van der Waals surface area contributed by atoms with E-state index in [2.05, 4.69) is 34.2 Å². The van der Waals surface area contributed by atoms with Crippen molar-refractivity contribution < 1.29 is 0 Å². The van der Waals surface area contributed by atoms with Gasteiger partial charge in [-0.25, -0.2) is 0 Å². The first kappa shape index (κ1) is 16.2. The first-order valence-electron chi connectivity index (χ1n) is 7.69. The molecule has 3 rings (SSSR count). The van der Waals surface area contributed by atoms with E-state index in [9.17, 15) is 0 Å². The third kappa shape index (κ3) is 3.98. The van der Waals surface area contributed by atoms with Crippen LogP contribution in [0.25, 0.3) is 0 Å². The molecule has 23 heavy (non-hydrogen) atoms. The highest BCUT2D eigenvalue weighted by molar-refractivity contribution is 6.36. The summed E-state index contributed by atoms with van der Waals surface area (Å²) in [6.45, 7) is 5.72. The summed E-state index contributed by atoms with van der Waals surface area (Å²) < 4.78 is 0. The molecule has 120 valence electrons. The quantitative estimate of drug-likeness (QED) is 0.759. The summed E-state index contributed by atoms with van der Waals surface area (Å²) in [5.74, 6) is 0. The Bertz CT molecular complexity index is 693. The zero-order valence-corrected chi connectivity index (χ0v) is 14.6. The molecule has 0 bridgehead atoms. The van der Waals surface area contributed by atoms with Gasteiger partial charge in [0.05, 0.1) is 23.8 Å². The number of benzene rings is 2. The van der Waals surface area contributed by atoms with E-state index >= 15 is 0 Å². The normalized spacial score (nSPS) is 15.9. The van der Waals surface area contributed by atoms with Crippen LogP contribution < -0.4 is 4.90 Å². The monoisotopic (exact) mass is 347 g/mol. The summed E-state index contributed by atoms with van der Waals surface area (Å²) in [6.07, 6.45) is 0. The van der Waals surface area contributed by atoms with Crippen LogP contribution in [0.2, 0.25) is 10.0 Å². The fourth-order valence-corrected chi connectivity index (χ4v) is 3.29. The number of rotatable bonds is 3. The van der Waals surface area contributed by atoms with Gasteiger partial charge < -0.3 is 4.90 Å². The molecule has 0 spiro atoms. The summed E-state index contributed by atoms with van der Waals surface area (Å²) in [6, 6.07) is 16.0. The fourth-order valence-electron chi connectivity index (χ4n) is 2.74. The van der Waals surface area contributed by atoms with Crippen LogP contribution in [0.15, 0.2) is 53.6 Å². The van der Waals surface area contributed by atoms with Crippen molar-refractivity contribution in [2.24, 2.45) is 5.10 Å². The van der Waals surface area contributed by atoms with Crippen molar-refractivity contribution in [3.63, 3.8) is 0 Å². The Labute approximate surface area is 147 Å². The smallest absolute Gasteiger partial charge is 0.0661 e. The maximum absolute atomic E-state index is 6.25. The standard InChI is InChI=1S/C18H19Cl2N3/c1-14(17-8-7-15(19)13-18(17)20)21-23-11-9-22(10-12-23)16-5-3-2-4-6-16/h2-8,13H,9-12H2,1H3/b21-14+. The van der Waals surface area contributed by atoms with Gasteiger partial charge in [-0.1, -0.05) is 47.5 Å². The van der Waals surface area contributed by atoms with E-state index in [0.717, 1.165) is 37.5 Å². The lowest BCUT2D eigenvalue weighted by Crippen LogP contribution is -2.44. The van der Waals surface area contributed by atoms with Crippen LogP contribution >= 0.6 is 23.2 Å². The third-order valence-corrected chi connectivity index (χ3v) is 4.54. The number of hydrogen-bond acceptors (Lipinski definition) is 3. The number of anilines is 1. The second-order valence-corrected chi connectivity index (χ2v) is 6.43. The third-order valence-electron chi connectivity index (χ3n) is 3.99. The number of piperazine rings is 1.